The minimum Gasteiger partial charge on any atom is -0.448 e. The van der Waals surface area contributed by atoms with Gasteiger partial charge in [-0.25, -0.2) is 4.79 Å². The zero-order valence-corrected chi connectivity index (χ0v) is 10.1. The molecule has 3 N–H and O–H groups in total. The van der Waals surface area contributed by atoms with Crippen LogP contribution in [0.5, 0.6) is 0 Å². The lowest BCUT2D eigenvalue weighted by atomic mass is 10.1. The van der Waals surface area contributed by atoms with Crippen LogP contribution in [-0.2, 0) is 4.74 Å². The summed E-state index contributed by atoms with van der Waals surface area (Å²) in [5, 5.41) is 4.25. The maximum absolute atomic E-state index is 10.4. The lowest BCUT2D eigenvalue weighted by molar-refractivity contribution is 0.161. The van der Waals surface area contributed by atoms with Crippen molar-refractivity contribution >= 4 is 22.7 Å². The number of carbonyl (C=O) groups is 1. The number of anilines is 1. The van der Waals surface area contributed by atoms with E-state index in [2.05, 4.69) is 15.0 Å². The molecule has 2 rings (SSSR count). The smallest absolute Gasteiger partial charge is 0.404 e. The first kappa shape index (κ1) is 12.2. The van der Waals surface area contributed by atoms with E-state index >= 15 is 0 Å². The zero-order valence-electron chi connectivity index (χ0n) is 10.1. The highest BCUT2D eigenvalue weighted by molar-refractivity contribution is 5.91. The minimum absolute atomic E-state index is 0.241. The Morgan fingerprint density at radius 1 is 1.44 bits per heavy atom. The van der Waals surface area contributed by atoms with Gasteiger partial charge in [0.15, 0.2) is 0 Å². The number of amides is 1. The fraction of sp³-hybridized carbons (Fsp3) is 0.231. The van der Waals surface area contributed by atoms with E-state index in [4.69, 9.17) is 5.73 Å². The fourth-order valence-corrected chi connectivity index (χ4v) is 1.79. The molecular formula is C13H15N3O2. The first-order valence-electron chi connectivity index (χ1n) is 5.69. The zero-order chi connectivity index (χ0) is 13.0. The Kier molecular flexibility index (Phi) is 3.62. The van der Waals surface area contributed by atoms with E-state index in [1.807, 2.05) is 37.3 Å². The van der Waals surface area contributed by atoms with Gasteiger partial charge in [0.1, 0.15) is 6.61 Å². The van der Waals surface area contributed by atoms with Crippen LogP contribution in [0.1, 0.15) is 5.69 Å². The topological polar surface area (TPSA) is 77.2 Å². The first-order chi connectivity index (χ1) is 8.66. The Balaban J connectivity index is 2.14. The van der Waals surface area contributed by atoms with Crippen LogP contribution in [0.25, 0.3) is 10.9 Å². The number of primary amides is 1. The number of nitrogens with two attached hydrogens (primary N) is 1. The summed E-state index contributed by atoms with van der Waals surface area (Å²) >= 11 is 0. The largest absolute Gasteiger partial charge is 0.448 e. The predicted octanol–water partition coefficient (Wildman–Crippen LogP) is 2.05. The van der Waals surface area contributed by atoms with Crippen molar-refractivity contribution in [3.05, 3.63) is 36.0 Å². The van der Waals surface area contributed by atoms with Crippen LogP contribution in [0.2, 0.25) is 0 Å². The van der Waals surface area contributed by atoms with Crippen molar-refractivity contribution in [1.29, 1.82) is 0 Å². The monoisotopic (exact) mass is 245 g/mol. The number of carbonyl (C=O) groups excluding carboxylic acids is 1. The quantitative estimate of drug-likeness (QED) is 0.808. The molecule has 0 saturated carbocycles. The number of rotatable bonds is 4. The molecule has 0 fully saturated rings. The maximum atomic E-state index is 10.4. The molecule has 0 aliphatic rings. The minimum atomic E-state index is -0.757. The number of hydrogen-bond donors (Lipinski definition) is 2. The average molecular weight is 245 g/mol. The van der Waals surface area contributed by atoms with Crippen molar-refractivity contribution in [3.8, 4) is 0 Å². The molecule has 1 amide bonds. The van der Waals surface area contributed by atoms with Gasteiger partial charge in [-0.1, -0.05) is 18.2 Å². The summed E-state index contributed by atoms with van der Waals surface area (Å²) in [7, 11) is 0. The van der Waals surface area contributed by atoms with Gasteiger partial charge < -0.3 is 15.8 Å². The molecule has 0 unspecified atom stereocenters. The molecule has 0 saturated heterocycles. The fourth-order valence-electron chi connectivity index (χ4n) is 1.79. The molecule has 1 aromatic carbocycles. The standard InChI is InChI=1S/C13H15N3O2/c1-9-8-12(15-6-7-18-13(14)17)10-4-2-3-5-11(10)16-9/h2-5,8H,6-7H2,1H3,(H2,14,17)(H,15,16). The lowest BCUT2D eigenvalue weighted by Crippen LogP contribution is -2.18. The number of hydrogen-bond acceptors (Lipinski definition) is 4. The number of nitrogens with zero attached hydrogens (tertiary/aromatic N) is 1. The highest BCUT2D eigenvalue weighted by Crippen LogP contribution is 2.22. The van der Waals surface area contributed by atoms with Gasteiger partial charge in [-0.2, -0.15) is 0 Å². The Hall–Kier alpha value is -2.30. The second kappa shape index (κ2) is 5.35. The van der Waals surface area contributed by atoms with Crippen molar-refractivity contribution in [2.24, 2.45) is 5.73 Å². The molecule has 0 aliphatic carbocycles. The third kappa shape index (κ3) is 2.88. The summed E-state index contributed by atoms with van der Waals surface area (Å²) in [6.07, 6.45) is -0.757. The van der Waals surface area contributed by atoms with Crippen LogP contribution in [-0.4, -0.2) is 24.2 Å². The van der Waals surface area contributed by atoms with Crippen molar-refractivity contribution in [2.75, 3.05) is 18.5 Å². The van der Waals surface area contributed by atoms with E-state index in [9.17, 15) is 4.79 Å². The molecule has 1 aromatic heterocycles. The van der Waals surface area contributed by atoms with Crippen LogP contribution in [0.3, 0.4) is 0 Å². The third-order valence-electron chi connectivity index (χ3n) is 2.51. The van der Waals surface area contributed by atoms with Crippen molar-refractivity contribution in [3.63, 3.8) is 0 Å². The summed E-state index contributed by atoms with van der Waals surface area (Å²) in [5.74, 6) is 0. The Labute approximate surface area is 105 Å². The van der Waals surface area contributed by atoms with Gasteiger partial charge in [-0.15, -0.1) is 0 Å². The number of ether oxygens (including phenoxy) is 1. The van der Waals surface area contributed by atoms with Crippen LogP contribution >= 0.6 is 0 Å². The van der Waals surface area contributed by atoms with Crippen LogP contribution in [0, 0.1) is 6.92 Å². The summed E-state index contributed by atoms with van der Waals surface area (Å²) in [4.78, 5) is 14.9. The normalized spacial score (nSPS) is 10.3. The van der Waals surface area contributed by atoms with E-state index < -0.39 is 6.09 Å². The second-order valence-corrected chi connectivity index (χ2v) is 3.92. The van der Waals surface area contributed by atoms with E-state index in [1.54, 1.807) is 0 Å². The average Bonchev–Trinajstić information content (AvgIpc) is 2.34. The molecule has 5 nitrogen and oxygen atoms in total. The molecule has 0 spiro atoms. The summed E-state index contributed by atoms with van der Waals surface area (Å²) < 4.78 is 4.67. The van der Waals surface area contributed by atoms with Gasteiger partial charge >= 0.3 is 6.09 Å². The van der Waals surface area contributed by atoms with Gasteiger partial charge in [-0.3, -0.25) is 4.98 Å². The SMILES string of the molecule is Cc1cc(NCCOC(N)=O)c2ccccc2n1. The molecule has 94 valence electrons. The lowest BCUT2D eigenvalue weighted by Gasteiger charge is -2.10. The summed E-state index contributed by atoms with van der Waals surface area (Å²) in [6, 6.07) is 9.85. The van der Waals surface area contributed by atoms with Crippen molar-refractivity contribution < 1.29 is 9.53 Å². The highest BCUT2D eigenvalue weighted by Gasteiger charge is 2.03. The molecule has 5 heteroatoms. The van der Waals surface area contributed by atoms with Gasteiger partial charge in [0, 0.05) is 23.3 Å². The number of para-hydroxylation sites is 1. The van der Waals surface area contributed by atoms with E-state index in [0.29, 0.717) is 6.54 Å². The number of aromatic nitrogens is 1. The Morgan fingerprint density at radius 2 is 2.22 bits per heavy atom. The number of aryl methyl sites for hydroxylation is 1. The number of pyridine rings is 1. The Morgan fingerprint density at radius 3 is 3.00 bits per heavy atom. The van der Waals surface area contributed by atoms with E-state index in [1.165, 1.54) is 0 Å². The van der Waals surface area contributed by atoms with Crippen LogP contribution in [0.4, 0.5) is 10.5 Å². The van der Waals surface area contributed by atoms with Crippen molar-refractivity contribution in [2.45, 2.75) is 6.92 Å². The maximum Gasteiger partial charge on any atom is 0.404 e. The number of nitrogens with one attached hydrogen (secondary N) is 1. The Bertz CT molecular complexity index is 569. The van der Waals surface area contributed by atoms with E-state index in [0.717, 1.165) is 22.3 Å². The first-order valence-corrected chi connectivity index (χ1v) is 5.69. The molecule has 2 aromatic rings. The number of benzene rings is 1. The van der Waals surface area contributed by atoms with Gasteiger partial charge in [0.05, 0.1) is 5.52 Å². The molecule has 0 atom stereocenters. The van der Waals surface area contributed by atoms with Gasteiger partial charge in [-0.05, 0) is 19.1 Å². The molecule has 0 aliphatic heterocycles. The van der Waals surface area contributed by atoms with Crippen LogP contribution in [0.15, 0.2) is 30.3 Å². The summed E-state index contributed by atoms with van der Waals surface area (Å²) in [6.45, 7) is 2.69. The molecule has 18 heavy (non-hydrogen) atoms. The highest BCUT2D eigenvalue weighted by atomic mass is 16.5. The van der Waals surface area contributed by atoms with Gasteiger partial charge in [0.2, 0.25) is 0 Å². The third-order valence-corrected chi connectivity index (χ3v) is 2.51. The molecular weight excluding hydrogens is 230 g/mol. The predicted molar refractivity (Wildman–Crippen MR) is 70.5 cm³/mol. The molecule has 0 bridgehead atoms. The van der Waals surface area contributed by atoms with Crippen molar-refractivity contribution in [1.82, 2.24) is 4.98 Å². The molecule has 0 radical (unpaired) electrons. The van der Waals surface area contributed by atoms with Gasteiger partial charge in [0.25, 0.3) is 0 Å². The second-order valence-electron chi connectivity index (χ2n) is 3.92. The van der Waals surface area contributed by atoms with Crippen LogP contribution < -0.4 is 11.1 Å². The van der Waals surface area contributed by atoms with E-state index in [-0.39, 0.29) is 6.61 Å². The number of fused-ring (bicyclic) bond motifs is 1. The molecule has 1 heterocycles. The summed E-state index contributed by atoms with van der Waals surface area (Å²) in [5.41, 5.74) is 7.74.